The molecule has 0 saturated heterocycles. The van der Waals surface area contributed by atoms with Crippen LogP contribution in [0.2, 0.25) is 0 Å². The number of alkyl halides is 3. The van der Waals surface area contributed by atoms with Crippen molar-refractivity contribution in [2.24, 2.45) is 5.92 Å². The Labute approximate surface area is 205 Å². The standard InChI is InChI=1S/C24H37F3N4O4/c1-6-10-28-23(33)29-18-7-8-19-20(12-18)35-15-17(3)31(11-9-24(25,26)27)13-16(2)21(34-5)14-30(4)22(19)32/h7-8,12,16-17,21H,6,9-11,13-15H2,1-5H3,(H2,28,29,33)/t16-,17+,21+/m1/s1. The molecule has 1 aromatic carbocycles. The summed E-state index contributed by atoms with van der Waals surface area (Å²) < 4.78 is 50.5. The molecule has 0 bridgehead atoms. The average Bonchev–Trinajstić information content (AvgIpc) is 2.80. The summed E-state index contributed by atoms with van der Waals surface area (Å²) in [6.07, 6.45) is -4.79. The van der Waals surface area contributed by atoms with E-state index >= 15 is 0 Å². The predicted octanol–water partition coefficient (Wildman–Crippen LogP) is 3.98. The van der Waals surface area contributed by atoms with Gasteiger partial charge in [-0.25, -0.2) is 4.79 Å². The van der Waals surface area contributed by atoms with Crippen molar-refractivity contribution in [3.63, 3.8) is 0 Å². The molecule has 0 aliphatic carbocycles. The lowest BCUT2D eigenvalue weighted by Gasteiger charge is -2.36. The Balaban J connectivity index is 2.35. The van der Waals surface area contributed by atoms with E-state index in [0.29, 0.717) is 24.3 Å². The molecule has 1 heterocycles. The van der Waals surface area contributed by atoms with Gasteiger partial charge in [0.15, 0.2) is 0 Å². The van der Waals surface area contributed by atoms with E-state index in [1.54, 1.807) is 37.1 Å². The van der Waals surface area contributed by atoms with Crippen molar-refractivity contribution in [1.82, 2.24) is 15.1 Å². The third-order valence-electron chi connectivity index (χ3n) is 6.05. The fourth-order valence-electron chi connectivity index (χ4n) is 3.92. The molecule has 0 saturated carbocycles. The van der Waals surface area contributed by atoms with E-state index in [0.717, 1.165) is 6.42 Å². The Kier molecular flexibility index (Phi) is 10.6. The van der Waals surface area contributed by atoms with Crippen molar-refractivity contribution in [2.75, 3.05) is 52.3 Å². The Bertz CT molecular complexity index is 853. The second-order valence-corrected chi connectivity index (χ2v) is 9.05. The lowest BCUT2D eigenvalue weighted by Crippen LogP contribution is -2.47. The quantitative estimate of drug-likeness (QED) is 0.615. The number of carbonyl (C=O) groups is 2. The number of urea groups is 1. The predicted molar refractivity (Wildman–Crippen MR) is 128 cm³/mol. The third kappa shape index (κ3) is 8.88. The molecule has 8 nitrogen and oxygen atoms in total. The Morgan fingerprint density at radius 2 is 1.97 bits per heavy atom. The molecule has 0 spiro atoms. The number of benzene rings is 1. The first-order valence-corrected chi connectivity index (χ1v) is 11.9. The third-order valence-corrected chi connectivity index (χ3v) is 6.05. The molecule has 0 unspecified atom stereocenters. The van der Waals surface area contributed by atoms with Gasteiger partial charge >= 0.3 is 12.2 Å². The number of nitrogens with zero attached hydrogens (tertiary/aromatic N) is 2. The van der Waals surface area contributed by atoms with E-state index in [1.807, 2.05) is 13.8 Å². The molecule has 35 heavy (non-hydrogen) atoms. The van der Waals surface area contributed by atoms with Crippen LogP contribution in [-0.2, 0) is 4.74 Å². The van der Waals surface area contributed by atoms with Crippen LogP contribution in [0.4, 0.5) is 23.7 Å². The van der Waals surface area contributed by atoms with Crippen LogP contribution in [0.5, 0.6) is 5.75 Å². The van der Waals surface area contributed by atoms with Crippen LogP contribution in [0.3, 0.4) is 0 Å². The van der Waals surface area contributed by atoms with E-state index in [4.69, 9.17) is 9.47 Å². The summed E-state index contributed by atoms with van der Waals surface area (Å²) >= 11 is 0. The summed E-state index contributed by atoms with van der Waals surface area (Å²) in [7, 11) is 3.18. The van der Waals surface area contributed by atoms with Gasteiger partial charge in [0.2, 0.25) is 0 Å². The Morgan fingerprint density at radius 3 is 2.60 bits per heavy atom. The molecule has 2 N–H and O–H groups in total. The van der Waals surface area contributed by atoms with Gasteiger partial charge in [0, 0.05) is 58.1 Å². The van der Waals surface area contributed by atoms with Crippen LogP contribution in [0.1, 0.15) is 44.0 Å². The minimum absolute atomic E-state index is 0.0672. The summed E-state index contributed by atoms with van der Waals surface area (Å²) in [6, 6.07) is 4.00. The molecule has 3 amide bonds. The summed E-state index contributed by atoms with van der Waals surface area (Å²) in [5.74, 6) is -0.156. The highest BCUT2D eigenvalue weighted by Crippen LogP contribution is 2.27. The molecular formula is C24H37F3N4O4. The van der Waals surface area contributed by atoms with Gasteiger partial charge in [-0.05, 0) is 31.4 Å². The number of hydrogen-bond donors (Lipinski definition) is 2. The summed E-state index contributed by atoms with van der Waals surface area (Å²) in [5.41, 5.74) is 0.731. The largest absolute Gasteiger partial charge is 0.491 e. The summed E-state index contributed by atoms with van der Waals surface area (Å²) in [5, 5.41) is 5.42. The van der Waals surface area contributed by atoms with Crippen molar-refractivity contribution >= 4 is 17.6 Å². The van der Waals surface area contributed by atoms with Crippen molar-refractivity contribution in [3.05, 3.63) is 23.8 Å². The number of fused-ring (bicyclic) bond motifs is 1. The van der Waals surface area contributed by atoms with Crippen LogP contribution in [0, 0.1) is 5.92 Å². The van der Waals surface area contributed by atoms with Crippen LogP contribution in [-0.4, -0.2) is 87.0 Å². The maximum atomic E-state index is 13.2. The molecule has 0 radical (unpaired) electrons. The minimum Gasteiger partial charge on any atom is -0.491 e. The van der Waals surface area contributed by atoms with Crippen LogP contribution in [0.25, 0.3) is 0 Å². The van der Waals surface area contributed by atoms with Crippen molar-refractivity contribution in [3.8, 4) is 5.75 Å². The second kappa shape index (κ2) is 13.0. The molecular weight excluding hydrogens is 465 g/mol. The zero-order valence-electron chi connectivity index (χ0n) is 21.1. The smallest absolute Gasteiger partial charge is 0.390 e. The van der Waals surface area contributed by atoms with E-state index in [1.165, 1.54) is 12.0 Å². The number of anilines is 1. The highest BCUT2D eigenvalue weighted by atomic mass is 19.4. The average molecular weight is 503 g/mol. The number of ether oxygens (including phenoxy) is 2. The number of amides is 3. The molecule has 198 valence electrons. The number of carbonyl (C=O) groups excluding carboxylic acids is 2. The SMILES string of the molecule is CCCNC(=O)Nc1ccc2c(c1)OC[C@H](C)N(CCC(F)(F)F)C[C@@H](C)[C@@H](OC)CN(C)C2=O. The fourth-order valence-corrected chi connectivity index (χ4v) is 3.92. The molecule has 1 aromatic rings. The van der Waals surface area contributed by atoms with Crippen molar-refractivity contribution in [2.45, 2.75) is 51.9 Å². The van der Waals surface area contributed by atoms with Gasteiger partial charge in [0.1, 0.15) is 12.4 Å². The van der Waals surface area contributed by atoms with E-state index in [-0.39, 0.29) is 55.4 Å². The zero-order chi connectivity index (χ0) is 26.2. The van der Waals surface area contributed by atoms with Gasteiger partial charge in [-0.1, -0.05) is 13.8 Å². The normalized spacial score (nSPS) is 22.5. The monoisotopic (exact) mass is 502 g/mol. The van der Waals surface area contributed by atoms with Gasteiger partial charge in [0.25, 0.3) is 5.91 Å². The zero-order valence-corrected chi connectivity index (χ0v) is 21.1. The van der Waals surface area contributed by atoms with E-state index < -0.39 is 12.6 Å². The van der Waals surface area contributed by atoms with Gasteiger partial charge in [-0.3, -0.25) is 9.69 Å². The lowest BCUT2D eigenvalue weighted by atomic mass is 10.0. The molecule has 11 heteroatoms. The second-order valence-electron chi connectivity index (χ2n) is 9.05. The molecule has 1 aliphatic heterocycles. The van der Waals surface area contributed by atoms with Gasteiger partial charge in [-0.15, -0.1) is 0 Å². The Morgan fingerprint density at radius 1 is 1.26 bits per heavy atom. The summed E-state index contributed by atoms with van der Waals surface area (Å²) in [4.78, 5) is 28.5. The Hall–Kier alpha value is -2.53. The first kappa shape index (κ1) is 28.7. The number of halogens is 3. The topological polar surface area (TPSA) is 83.1 Å². The van der Waals surface area contributed by atoms with Crippen LogP contribution < -0.4 is 15.4 Å². The molecule has 1 aliphatic rings. The molecule has 0 fully saturated rings. The minimum atomic E-state index is -4.27. The number of hydrogen-bond acceptors (Lipinski definition) is 5. The molecule has 3 atom stereocenters. The van der Waals surface area contributed by atoms with Crippen LogP contribution >= 0.6 is 0 Å². The number of nitrogens with one attached hydrogen (secondary N) is 2. The fraction of sp³-hybridized carbons (Fsp3) is 0.667. The number of methoxy groups -OCH3 is 1. The first-order valence-electron chi connectivity index (χ1n) is 11.9. The van der Waals surface area contributed by atoms with Crippen molar-refractivity contribution < 1.29 is 32.2 Å². The highest BCUT2D eigenvalue weighted by molar-refractivity contribution is 5.98. The maximum absolute atomic E-state index is 13.2. The van der Waals surface area contributed by atoms with Crippen molar-refractivity contribution in [1.29, 1.82) is 0 Å². The number of rotatable bonds is 6. The van der Waals surface area contributed by atoms with E-state index in [9.17, 15) is 22.8 Å². The number of likely N-dealkylation sites (N-methyl/N-ethyl adjacent to an activating group) is 1. The van der Waals surface area contributed by atoms with Crippen LogP contribution in [0.15, 0.2) is 18.2 Å². The van der Waals surface area contributed by atoms with Gasteiger partial charge in [-0.2, -0.15) is 13.2 Å². The molecule has 0 aromatic heterocycles. The first-order chi connectivity index (χ1) is 16.4. The lowest BCUT2D eigenvalue weighted by molar-refractivity contribution is -0.140. The maximum Gasteiger partial charge on any atom is 0.390 e. The van der Waals surface area contributed by atoms with E-state index in [2.05, 4.69) is 10.6 Å². The summed E-state index contributed by atoms with van der Waals surface area (Å²) in [6.45, 7) is 6.66. The van der Waals surface area contributed by atoms with Gasteiger partial charge < -0.3 is 25.0 Å². The molecule has 2 rings (SSSR count). The van der Waals surface area contributed by atoms with Gasteiger partial charge in [0.05, 0.1) is 18.1 Å². The highest BCUT2D eigenvalue weighted by Gasteiger charge is 2.32.